The highest BCUT2D eigenvalue weighted by Crippen LogP contribution is 2.28. The Morgan fingerprint density at radius 1 is 1.50 bits per heavy atom. The molecule has 0 fully saturated rings. The van der Waals surface area contributed by atoms with Gasteiger partial charge in [0.2, 0.25) is 0 Å². The van der Waals surface area contributed by atoms with Crippen molar-refractivity contribution in [3.63, 3.8) is 0 Å². The van der Waals surface area contributed by atoms with Crippen molar-refractivity contribution in [2.75, 3.05) is 13.7 Å². The van der Waals surface area contributed by atoms with Crippen molar-refractivity contribution in [3.05, 3.63) is 11.8 Å². The van der Waals surface area contributed by atoms with Crippen LogP contribution in [0.15, 0.2) is 11.8 Å². The Morgan fingerprint density at radius 3 is 2.60 bits per heavy atom. The van der Waals surface area contributed by atoms with Crippen LogP contribution in [0.2, 0.25) is 0 Å². The predicted octanol–water partition coefficient (Wildman–Crippen LogP) is 0.904. The van der Waals surface area contributed by atoms with Gasteiger partial charge in [0.1, 0.15) is 12.3 Å². The fraction of sp³-hybridized carbons (Fsp3) is 0.643. The quantitative estimate of drug-likeness (QED) is 0.551. The molecule has 1 aliphatic rings. The second-order valence-corrected chi connectivity index (χ2v) is 4.89. The van der Waals surface area contributed by atoms with Gasteiger partial charge >= 0.3 is 11.9 Å². The second-order valence-electron chi connectivity index (χ2n) is 4.89. The molecule has 20 heavy (non-hydrogen) atoms. The molecule has 0 saturated heterocycles. The standard InChI is InChI=1S/C14H21NO5/c1-5-20-14(18)12-11(8-16)6-10(13(17)19-4)7-15(12)9(2)3/h7-9,11-12H,5-6H2,1-4H3/t11-,12+/m1/s1. The van der Waals surface area contributed by atoms with Crippen molar-refractivity contribution in [2.45, 2.75) is 39.3 Å². The van der Waals surface area contributed by atoms with Crippen LogP contribution in [0.3, 0.4) is 0 Å². The number of esters is 2. The molecule has 0 amide bonds. The molecule has 0 aromatic heterocycles. The van der Waals surface area contributed by atoms with E-state index in [1.165, 1.54) is 7.11 Å². The van der Waals surface area contributed by atoms with Crippen LogP contribution >= 0.6 is 0 Å². The number of nitrogens with zero attached hydrogens (tertiary/aromatic N) is 1. The van der Waals surface area contributed by atoms with E-state index in [2.05, 4.69) is 4.74 Å². The monoisotopic (exact) mass is 283 g/mol. The Hall–Kier alpha value is -1.85. The Labute approximate surface area is 118 Å². The third-order valence-electron chi connectivity index (χ3n) is 3.23. The molecule has 1 rings (SSSR count). The molecule has 2 atom stereocenters. The topological polar surface area (TPSA) is 72.9 Å². The Balaban J connectivity index is 3.14. The average Bonchev–Trinajstić information content (AvgIpc) is 2.44. The lowest BCUT2D eigenvalue weighted by atomic mass is 9.88. The lowest BCUT2D eigenvalue weighted by Gasteiger charge is -2.39. The molecule has 112 valence electrons. The van der Waals surface area contributed by atoms with E-state index in [0.29, 0.717) is 11.9 Å². The van der Waals surface area contributed by atoms with Crippen LogP contribution in [-0.4, -0.2) is 48.9 Å². The van der Waals surface area contributed by atoms with Crippen LogP contribution in [0.25, 0.3) is 0 Å². The average molecular weight is 283 g/mol. The number of rotatable bonds is 5. The van der Waals surface area contributed by atoms with Crippen LogP contribution in [0, 0.1) is 5.92 Å². The van der Waals surface area contributed by atoms with Gasteiger partial charge in [0, 0.05) is 12.2 Å². The Morgan fingerprint density at radius 2 is 2.15 bits per heavy atom. The number of ether oxygens (including phenoxy) is 2. The van der Waals surface area contributed by atoms with Gasteiger partial charge in [-0.2, -0.15) is 0 Å². The first kappa shape index (κ1) is 16.2. The van der Waals surface area contributed by atoms with Crippen molar-refractivity contribution in [1.82, 2.24) is 4.90 Å². The smallest absolute Gasteiger partial charge is 0.335 e. The molecule has 0 aromatic rings. The zero-order valence-electron chi connectivity index (χ0n) is 12.3. The third kappa shape index (κ3) is 3.37. The molecule has 0 bridgehead atoms. The van der Waals surface area contributed by atoms with Gasteiger partial charge < -0.3 is 19.2 Å². The molecule has 0 saturated carbocycles. The first-order valence-electron chi connectivity index (χ1n) is 6.64. The summed E-state index contributed by atoms with van der Waals surface area (Å²) in [5, 5.41) is 0. The van der Waals surface area contributed by atoms with E-state index in [1.807, 2.05) is 13.8 Å². The van der Waals surface area contributed by atoms with Crippen LogP contribution in [0.4, 0.5) is 0 Å². The summed E-state index contributed by atoms with van der Waals surface area (Å²) in [6.07, 6.45) is 2.48. The molecule has 0 radical (unpaired) electrons. The molecule has 0 aliphatic carbocycles. The Bertz CT molecular complexity index is 416. The van der Waals surface area contributed by atoms with E-state index in [-0.39, 0.29) is 19.1 Å². The first-order valence-corrected chi connectivity index (χ1v) is 6.64. The lowest BCUT2D eigenvalue weighted by molar-refractivity contribution is -0.153. The summed E-state index contributed by atoms with van der Waals surface area (Å²) < 4.78 is 9.72. The highest BCUT2D eigenvalue weighted by Gasteiger charge is 2.40. The van der Waals surface area contributed by atoms with Gasteiger partial charge in [-0.25, -0.2) is 9.59 Å². The van der Waals surface area contributed by atoms with E-state index in [0.717, 1.165) is 0 Å². The van der Waals surface area contributed by atoms with Gasteiger partial charge in [0.05, 0.1) is 25.2 Å². The van der Waals surface area contributed by atoms with Crippen molar-refractivity contribution >= 4 is 18.2 Å². The number of aldehydes is 1. The van der Waals surface area contributed by atoms with Crippen LogP contribution in [-0.2, 0) is 23.9 Å². The van der Waals surface area contributed by atoms with Gasteiger partial charge in [-0.1, -0.05) is 0 Å². The molecule has 6 nitrogen and oxygen atoms in total. The second kappa shape index (κ2) is 7.07. The summed E-state index contributed by atoms with van der Waals surface area (Å²) in [5.41, 5.74) is 0.388. The molecule has 1 aliphatic heterocycles. The predicted molar refractivity (Wildman–Crippen MR) is 71.7 cm³/mol. The molecule has 0 unspecified atom stereocenters. The van der Waals surface area contributed by atoms with Crippen molar-refractivity contribution in [1.29, 1.82) is 0 Å². The summed E-state index contributed by atoms with van der Waals surface area (Å²) in [5.74, 6) is -1.54. The summed E-state index contributed by atoms with van der Waals surface area (Å²) in [4.78, 5) is 36.7. The molecule has 0 spiro atoms. The molecular weight excluding hydrogens is 262 g/mol. The number of methoxy groups -OCH3 is 1. The van der Waals surface area contributed by atoms with Gasteiger partial charge in [0.25, 0.3) is 0 Å². The van der Waals surface area contributed by atoms with Crippen LogP contribution in [0.1, 0.15) is 27.2 Å². The lowest BCUT2D eigenvalue weighted by Crippen LogP contribution is -2.51. The summed E-state index contributed by atoms with van der Waals surface area (Å²) in [6.45, 7) is 5.72. The minimum absolute atomic E-state index is 0.0492. The summed E-state index contributed by atoms with van der Waals surface area (Å²) in [6, 6.07) is -0.743. The number of hydrogen-bond acceptors (Lipinski definition) is 6. The molecule has 6 heteroatoms. The first-order chi connectivity index (χ1) is 9.46. The maximum absolute atomic E-state index is 12.1. The molecule has 0 N–H and O–H groups in total. The van der Waals surface area contributed by atoms with Crippen molar-refractivity contribution in [2.24, 2.45) is 5.92 Å². The van der Waals surface area contributed by atoms with E-state index in [1.54, 1.807) is 18.0 Å². The molecular formula is C14H21NO5. The summed E-state index contributed by atoms with van der Waals surface area (Å²) >= 11 is 0. The van der Waals surface area contributed by atoms with Gasteiger partial charge in [-0.05, 0) is 27.2 Å². The maximum atomic E-state index is 12.1. The largest absolute Gasteiger partial charge is 0.466 e. The zero-order chi connectivity index (χ0) is 15.3. The third-order valence-corrected chi connectivity index (χ3v) is 3.23. The van der Waals surface area contributed by atoms with Crippen molar-refractivity contribution in [3.8, 4) is 0 Å². The maximum Gasteiger partial charge on any atom is 0.335 e. The van der Waals surface area contributed by atoms with Crippen LogP contribution < -0.4 is 0 Å². The molecule has 0 aromatic carbocycles. The van der Waals surface area contributed by atoms with Gasteiger partial charge in [-0.15, -0.1) is 0 Å². The van der Waals surface area contributed by atoms with E-state index in [4.69, 9.17) is 4.74 Å². The van der Waals surface area contributed by atoms with E-state index < -0.39 is 23.9 Å². The van der Waals surface area contributed by atoms with E-state index in [9.17, 15) is 14.4 Å². The summed E-state index contributed by atoms with van der Waals surface area (Å²) in [7, 11) is 1.29. The Kier molecular flexibility index (Phi) is 5.73. The normalized spacial score (nSPS) is 22.2. The van der Waals surface area contributed by atoms with Crippen molar-refractivity contribution < 1.29 is 23.9 Å². The molecule has 1 heterocycles. The minimum Gasteiger partial charge on any atom is -0.466 e. The number of carbonyl (C=O) groups excluding carboxylic acids is 3. The van der Waals surface area contributed by atoms with Crippen LogP contribution in [0.5, 0.6) is 0 Å². The minimum atomic E-state index is -0.694. The highest BCUT2D eigenvalue weighted by atomic mass is 16.5. The zero-order valence-corrected chi connectivity index (χ0v) is 12.3. The van der Waals surface area contributed by atoms with E-state index >= 15 is 0 Å². The number of hydrogen-bond donors (Lipinski definition) is 0. The fourth-order valence-corrected chi connectivity index (χ4v) is 2.28. The SMILES string of the molecule is CCOC(=O)[C@@H]1[C@@H](C=O)CC(C(=O)OC)=CN1C(C)C. The highest BCUT2D eigenvalue weighted by molar-refractivity contribution is 5.90. The van der Waals surface area contributed by atoms with Gasteiger partial charge in [-0.3, -0.25) is 0 Å². The number of carbonyl (C=O) groups is 3. The van der Waals surface area contributed by atoms with Gasteiger partial charge in [0.15, 0.2) is 0 Å². The fourth-order valence-electron chi connectivity index (χ4n) is 2.28.